The monoisotopic (exact) mass is 257 g/mol. The van der Waals surface area contributed by atoms with Gasteiger partial charge in [0, 0.05) is 17.1 Å². The number of hydrogen-bond donors (Lipinski definition) is 0. The zero-order valence-electron chi connectivity index (χ0n) is 10.7. The van der Waals surface area contributed by atoms with E-state index in [2.05, 4.69) is 27.1 Å². The Bertz CT molecular complexity index is 838. The van der Waals surface area contributed by atoms with Crippen molar-refractivity contribution in [2.75, 3.05) is 0 Å². The number of aromatic nitrogens is 3. The summed E-state index contributed by atoms with van der Waals surface area (Å²) < 4.78 is 0. The lowest BCUT2D eigenvalue weighted by molar-refractivity contribution is 1.29. The summed E-state index contributed by atoms with van der Waals surface area (Å²) in [6, 6.07) is 18.0. The van der Waals surface area contributed by atoms with Crippen LogP contribution in [-0.2, 0) is 0 Å². The maximum atomic E-state index is 4.67. The Labute approximate surface area is 116 Å². The zero-order valence-corrected chi connectivity index (χ0v) is 10.7. The Kier molecular flexibility index (Phi) is 2.42. The lowest BCUT2D eigenvalue weighted by atomic mass is 10.1. The van der Waals surface area contributed by atoms with Crippen LogP contribution in [0.25, 0.3) is 33.2 Å². The minimum Gasteiger partial charge on any atom is -0.256 e. The van der Waals surface area contributed by atoms with Crippen molar-refractivity contribution in [1.29, 1.82) is 0 Å². The molecule has 0 bridgehead atoms. The van der Waals surface area contributed by atoms with Gasteiger partial charge in [0.2, 0.25) is 0 Å². The van der Waals surface area contributed by atoms with Crippen LogP contribution in [0.15, 0.2) is 67.0 Å². The summed E-state index contributed by atoms with van der Waals surface area (Å²) in [5, 5.41) is 1.11. The number of fused-ring (bicyclic) bond motifs is 2. The fourth-order valence-electron chi connectivity index (χ4n) is 2.33. The predicted molar refractivity (Wildman–Crippen MR) is 80.3 cm³/mol. The molecule has 0 amide bonds. The van der Waals surface area contributed by atoms with Gasteiger partial charge in [-0.1, -0.05) is 24.3 Å². The van der Waals surface area contributed by atoms with Crippen molar-refractivity contribution in [3.63, 3.8) is 0 Å². The van der Waals surface area contributed by atoms with E-state index in [1.807, 2.05) is 48.7 Å². The molecule has 0 aliphatic rings. The van der Waals surface area contributed by atoms with E-state index >= 15 is 0 Å². The van der Waals surface area contributed by atoms with Crippen LogP contribution in [0.3, 0.4) is 0 Å². The number of para-hydroxylation sites is 2. The first kappa shape index (κ1) is 11.1. The summed E-state index contributed by atoms with van der Waals surface area (Å²) in [6.07, 6.45) is 3.62. The molecular formula is C17H11N3. The average molecular weight is 257 g/mol. The fraction of sp³-hybridized carbons (Fsp3) is 0. The van der Waals surface area contributed by atoms with Crippen molar-refractivity contribution in [1.82, 2.24) is 15.0 Å². The highest BCUT2D eigenvalue weighted by Gasteiger charge is 2.03. The van der Waals surface area contributed by atoms with E-state index in [1.54, 1.807) is 6.20 Å². The molecule has 0 atom stereocenters. The quantitative estimate of drug-likeness (QED) is 0.520. The Balaban J connectivity index is 1.91. The van der Waals surface area contributed by atoms with E-state index in [4.69, 9.17) is 0 Å². The van der Waals surface area contributed by atoms with Crippen molar-refractivity contribution < 1.29 is 0 Å². The summed E-state index contributed by atoms with van der Waals surface area (Å²) in [5.41, 5.74) is 4.76. The zero-order chi connectivity index (χ0) is 13.4. The van der Waals surface area contributed by atoms with Crippen LogP contribution in [0.2, 0.25) is 0 Å². The molecule has 3 heteroatoms. The first-order valence-electron chi connectivity index (χ1n) is 6.47. The van der Waals surface area contributed by atoms with Crippen LogP contribution in [0.1, 0.15) is 0 Å². The maximum Gasteiger partial charge on any atom is 0.0894 e. The van der Waals surface area contributed by atoms with Crippen molar-refractivity contribution in [3.8, 4) is 11.3 Å². The van der Waals surface area contributed by atoms with Gasteiger partial charge in [0.25, 0.3) is 0 Å². The molecule has 0 saturated carbocycles. The van der Waals surface area contributed by atoms with Gasteiger partial charge in [0.15, 0.2) is 0 Å². The van der Waals surface area contributed by atoms with Crippen LogP contribution < -0.4 is 0 Å². The molecule has 2 aromatic carbocycles. The van der Waals surface area contributed by atoms with Crippen LogP contribution in [0, 0.1) is 0 Å². The molecule has 0 aliphatic heterocycles. The first-order valence-corrected chi connectivity index (χ1v) is 6.47. The normalized spacial score (nSPS) is 11.0. The summed E-state index contributed by atoms with van der Waals surface area (Å²) in [5.74, 6) is 0. The molecule has 0 fully saturated rings. The first-order chi connectivity index (χ1) is 9.90. The van der Waals surface area contributed by atoms with Gasteiger partial charge in [0.05, 0.1) is 28.4 Å². The molecule has 2 heterocycles. The third kappa shape index (κ3) is 1.80. The Morgan fingerprint density at radius 2 is 1.60 bits per heavy atom. The van der Waals surface area contributed by atoms with E-state index in [-0.39, 0.29) is 0 Å². The fourth-order valence-corrected chi connectivity index (χ4v) is 2.33. The highest BCUT2D eigenvalue weighted by Crippen LogP contribution is 2.22. The Morgan fingerprint density at radius 3 is 2.55 bits per heavy atom. The highest BCUT2D eigenvalue weighted by molar-refractivity contribution is 5.84. The number of hydrogen-bond acceptors (Lipinski definition) is 3. The molecule has 0 unspecified atom stereocenters. The molecule has 0 radical (unpaired) electrons. The summed E-state index contributed by atoms with van der Waals surface area (Å²) in [6.45, 7) is 0. The molecule has 0 N–H and O–H groups in total. The predicted octanol–water partition coefficient (Wildman–Crippen LogP) is 3.85. The van der Waals surface area contributed by atoms with Gasteiger partial charge in [-0.05, 0) is 30.3 Å². The van der Waals surface area contributed by atoms with Gasteiger partial charge < -0.3 is 0 Å². The van der Waals surface area contributed by atoms with Gasteiger partial charge in [-0.15, -0.1) is 0 Å². The number of nitrogens with zero attached hydrogens (tertiary/aromatic N) is 3. The van der Waals surface area contributed by atoms with E-state index in [0.717, 1.165) is 33.2 Å². The van der Waals surface area contributed by atoms with Crippen LogP contribution in [-0.4, -0.2) is 15.0 Å². The molecule has 3 nitrogen and oxygen atoms in total. The molecule has 20 heavy (non-hydrogen) atoms. The molecule has 2 aromatic heterocycles. The van der Waals surface area contributed by atoms with E-state index in [1.165, 1.54) is 0 Å². The van der Waals surface area contributed by atoms with Crippen molar-refractivity contribution in [2.24, 2.45) is 0 Å². The summed E-state index contributed by atoms with van der Waals surface area (Å²) in [7, 11) is 0. The lowest BCUT2D eigenvalue weighted by Gasteiger charge is -2.04. The number of rotatable bonds is 1. The molecule has 4 aromatic rings. The Morgan fingerprint density at radius 1 is 0.700 bits per heavy atom. The van der Waals surface area contributed by atoms with Gasteiger partial charge in [-0.3, -0.25) is 9.97 Å². The summed E-state index contributed by atoms with van der Waals surface area (Å²) >= 11 is 0. The summed E-state index contributed by atoms with van der Waals surface area (Å²) in [4.78, 5) is 13.5. The number of pyridine rings is 1. The second-order valence-electron chi connectivity index (χ2n) is 4.65. The molecular weight excluding hydrogens is 246 g/mol. The van der Waals surface area contributed by atoms with Crippen LogP contribution in [0.4, 0.5) is 0 Å². The van der Waals surface area contributed by atoms with Gasteiger partial charge in [0.1, 0.15) is 0 Å². The molecule has 0 spiro atoms. The topological polar surface area (TPSA) is 38.7 Å². The van der Waals surface area contributed by atoms with Crippen molar-refractivity contribution in [3.05, 3.63) is 67.0 Å². The minimum absolute atomic E-state index is 0.884. The lowest BCUT2D eigenvalue weighted by Crippen LogP contribution is -1.88. The molecule has 0 saturated heterocycles. The average Bonchev–Trinajstić information content (AvgIpc) is 2.54. The SMILES string of the molecule is c1cnc2ccc(-c3cnc4ccccc4n3)cc2c1. The van der Waals surface area contributed by atoms with Crippen LogP contribution >= 0.6 is 0 Å². The van der Waals surface area contributed by atoms with Crippen molar-refractivity contribution >= 4 is 21.9 Å². The van der Waals surface area contributed by atoms with Gasteiger partial charge >= 0.3 is 0 Å². The second kappa shape index (κ2) is 4.38. The van der Waals surface area contributed by atoms with Gasteiger partial charge in [-0.2, -0.15) is 0 Å². The minimum atomic E-state index is 0.884. The molecule has 0 aliphatic carbocycles. The largest absolute Gasteiger partial charge is 0.256 e. The highest BCUT2D eigenvalue weighted by atomic mass is 14.8. The Hall–Kier alpha value is -2.81. The maximum absolute atomic E-state index is 4.67. The van der Waals surface area contributed by atoms with E-state index < -0.39 is 0 Å². The van der Waals surface area contributed by atoms with Crippen molar-refractivity contribution in [2.45, 2.75) is 0 Å². The van der Waals surface area contributed by atoms with Gasteiger partial charge in [-0.25, -0.2) is 4.98 Å². The molecule has 94 valence electrons. The van der Waals surface area contributed by atoms with E-state index in [0.29, 0.717) is 0 Å². The number of benzene rings is 2. The second-order valence-corrected chi connectivity index (χ2v) is 4.65. The third-order valence-corrected chi connectivity index (χ3v) is 3.35. The molecule has 4 rings (SSSR count). The standard InChI is InChI=1S/C17H11N3/c1-2-6-16-15(5-1)19-11-17(20-16)13-7-8-14-12(10-13)4-3-9-18-14/h1-11H. The smallest absolute Gasteiger partial charge is 0.0894 e. The van der Waals surface area contributed by atoms with Crippen LogP contribution in [0.5, 0.6) is 0 Å². The third-order valence-electron chi connectivity index (χ3n) is 3.35. The van der Waals surface area contributed by atoms with E-state index in [9.17, 15) is 0 Å².